The van der Waals surface area contributed by atoms with Crippen LogP contribution >= 0.6 is 23.2 Å². The van der Waals surface area contributed by atoms with Gasteiger partial charge in [0, 0.05) is 10.6 Å². The van der Waals surface area contributed by atoms with E-state index in [1.54, 1.807) is 31.2 Å². The first-order chi connectivity index (χ1) is 8.30. The number of hydrogen-bond acceptors (Lipinski definition) is 3. The van der Waals surface area contributed by atoms with Crippen molar-refractivity contribution in [1.29, 1.82) is 0 Å². The molecule has 1 heterocycles. The van der Waals surface area contributed by atoms with Crippen LogP contribution in [0.4, 0.5) is 0 Å². The number of benzene rings is 1. The topological polar surface area (TPSA) is 52.0 Å². The Morgan fingerprint density at radius 3 is 2.17 bits per heavy atom. The van der Waals surface area contributed by atoms with Gasteiger partial charge in [0.2, 0.25) is 0 Å². The SMILES string of the molecule is Cc1c(Cl)c(-c2ccc(Cl)cc2)nn1S(C)(=O)=O. The third-order valence-corrected chi connectivity index (χ3v) is 4.12. The molecule has 2 rings (SSSR count). The first kappa shape index (κ1) is 13.4. The van der Waals surface area contributed by atoms with Gasteiger partial charge in [-0.3, -0.25) is 0 Å². The van der Waals surface area contributed by atoms with Crippen LogP contribution in [0, 0.1) is 6.92 Å². The first-order valence-electron chi connectivity index (χ1n) is 5.02. The molecule has 0 bridgehead atoms. The van der Waals surface area contributed by atoms with Crippen LogP contribution in [0.2, 0.25) is 10.0 Å². The predicted octanol–water partition coefficient (Wildman–Crippen LogP) is 2.97. The van der Waals surface area contributed by atoms with Crippen molar-refractivity contribution >= 4 is 33.2 Å². The number of aromatic nitrogens is 2. The molecule has 1 aromatic carbocycles. The van der Waals surface area contributed by atoms with Crippen LogP contribution in [0.5, 0.6) is 0 Å². The van der Waals surface area contributed by atoms with Crippen molar-refractivity contribution < 1.29 is 8.42 Å². The lowest BCUT2D eigenvalue weighted by Crippen LogP contribution is -2.13. The molecule has 96 valence electrons. The summed E-state index contributed by atoms with van der Waals surface area (Å²) in [5.41, 5.74) is 1.54. The lowest BCUT2D eigenvalue weighted by molar-refractivity contribution is 0.585. The van der Waals surface area contributed by atoms with Gasteiger partial charge >= 0.3 is 0 Å². The molecule has 2 aromatic rings. The average molecular weight is 305 g/mol. The molecule has 0 N–H and O–H groups in total. The second-order valence-corrected chi connectivity index (χ2v) is 6.49. The Kier molecular flexibility index (Phi) is 3.40. The summed E-state index contributed by atoms with van der Waals surface area (Å²) in [7, 11) is -3.46. The van der Waals surface area contributed by atoms with Gasteiger partial charge in [-0.05, 0) is 19.1 Å². The molecular formula is C11H10Cl2N2O2S. The quantitative estimate of drug-likeness (QED) is 0.857. The Bertz CT molecular complexity index is 691. The maximum Gasteiger partial charge on any atom is 0.251 e. The van der Waals surface area contributed by atoms with Gasteiger partial charge < -0.3 is 0 Å². The third kappa shape index (κ3) is 2.39. The number of halogens is 2. The minimum absolute atomic E-state index is 0.322. The minimum atomic E-state index is -3.46. The lowest BCUT2D eigenvalue weighted by Gasteiger charge is -1.99. The predicted molar refractivity (Wildman–Crippen MR) is 72.7 cm³/mol. The van der Waals surface area contributed by atoms with Crippen LogP contribution < -0.4 is 0 Å². The fraction of sp³-hybridized carbons (Fsp3) is 0.182. The summed E-state index contributed by atoms with van der Waals surface area (Å²) < 4.78 is 24.0. The van der Waals surface area contributed by atoms with Crippen LogP contribution in [-0.4, -0.2) is 23.9 Å². The average Bonchev–Trinajstić information content (AvgIpc) is 2.57. The summed E-state index contributed by atoms with van der Waals surface area (Å²) in [6.45, 7) is 1.61. The molecule has 18 heavy (non-hydrogen) atoms. The summed E-state index contributed by atoms with van der Waals surface area (Å²) in [6, 6.07) is 6.87. The third-order valence-electron chi connectivity index (χ3n) is 2.44. The molecular weight excluding hydrogens is 295 g/mol. The smallest absolute Gasteiger partial charge is 0.205 e. The van der Waals surface area contributed by atoms with Crippen molar-refractivity contribution in [3.63, 3.8) is 0 Å². The Morgan fingerprint density at radius 2 is 1.72 bits per heavy atom. The summed E-state index contributed by atoms with van der Waals surface area (Å²) in [5, 5.41) is 4.95. The van der Waals surface area contributed by atoms with E-state index in [0.717, 1.165) is 15.9 Å². The fourth-order valence-corrected chi connectivity index (χ4v) is 2.80. The fourth-order valence-electron chi connectivity index (χ4n) is 1.58. The van der Waals surface area contributed by atoms with E-state index in [9.17, 15) is 8.42 Å². The Labute approximate surface area is 115 Å². The van der Waals surface area contributed by atoms with E-state index < -0.39 is 10.0 Å². The molecule has 0 aliphatic rings. The molecule has 0 radical (unpaired) electrons. The van der Waals surface area contributed by atoms with Crippen LogP contribution in [0.1, 0.15) is 5.69 Å². The normalized spacial score (nSPS) is 11.8. The van der Waals surface area contributed by atoms with E-state index in [0.29, 0.717) is 21.4 Å². The summed E-state index contributed by atoms with van der Waals surface area (Å²) in [5.74, 6) is 0. The Hall–Kier alpha value is -1.04. The zero-order valence-corrected chi connectivity index (χ0v) is 12.0. The summed E-state index contributed by atoms with van der Waals surface area (Å²) in [4.78, 5) is 0. The second-order valence-electron chi connectivity index (χ2n) is 3.86. The molecule has 0 spiro atoms. The van der Waals surface area contributed by atoms with Crippen LogP contribution in [-0.2, 0) is 10.0 Å². The lowest BCUT2D eigenvalue weighted by atomic mass is 10.1. The molecule has 0 amide bonds. The second kappa shape index (κ2) is 4.57. The van der Waals surface area contributed by atoms with E-state index in [-0.39, 0.29) is 0 Å². The molecule has 0 saturated heterocycles. The zero-order valence-electron chi connectivity index (χ0n) is 9.68. The van der Waals surface area contributed by atoms with Crippen LogP contribution in [0.15, 0.2) is 24.3 Å². The van der Waals surface area contributed by atoms with E-state index in [2.05, 4.69) is 5.10 Å². The monoisotopic (exact) mass is 304 g/mol. The zero-order chi connectivity index (χ0) is 13.5. The van der Waals surface area contributed by atoms with Crippen molar-refractivity contribution in [2.24, 2.45) is 0 Å². The minimum Gasteiger partial charge on any atom is -0.205 e. The Morgan fingerprint density at radius 1 is 1.17 bits per heavy atom. The van der Waals surface area contributed by atoms with Gasteiger partial charge in [-0.15, -0.1) is 0 Å². The van der Waals surface area contributed by atoms with Gasteiger partial charge in [-0.1, -0.05) is 35.3 Å². The van der Waals surface area contributed by atoms with Gasteiger partial charge in [0.25, 0.3) is 10.0 Å². The van der Waals surface area contributed by atoms with Gasteiger partial charge in [-0.25, -0.2) is 8.42 Å². The highest BCUT2D eigenvalue weighted by Gasteiger charge is 2.19. The highest BCUT2D eigenvalue weighted by Crippen LogP contribution is 2.30. The highest BCUT2D eigenvalue weighted by atomic mass is 35.5. The first-order valence-corrected chi connectivity index (χ1v) is 7.62. The van der Waals surface area contributed by atoms with Crippen LogP contribution in [0.3, 0.4) is 0 Å². The van der Waals surface area contributed by atoms with Crippen molar-refractivity contribution in [3.8, 4) is 11.3 Å². The van der Waals surface area contributed by atoms with Gasteiger partial charge in [0.05, 0.1) is 17.0 Å². The molecule has 0 atom stereocenters. The van der Waals surface area contributed by atoms with Crippen LogP contribution in [0.25, 0.3) is 11.3 Å². The summed E-state index contributed by atoms with van der Waals surface area (Å²) >= 11 is 11.9. The van der Waals surface area contributed by atoms with Gasteiger partial charge in [-0.2, -0.15) is 9.19 Å². The molecule has 0 aliphatic carbocycles. The number of rotatable bonds is 2. The maximum absolute atomic E-state index is 11.5. The number of hydrogen-bond donors (Lipinski definition) is 0. The summed E-state index contributed by atoms with van der Waals surface area (Å²) in [6.07, 6.45) is 1.08. The van der Waals surface area contributed by atoms with Crippen molar-refractivity contribution in [1.82, 2.24) is 9.19 Å². The van der Waals surface area contributed by atoms with E-state index in [4.69, 9.17) is 23.2 Å². The largest absolute Gasteiger partial charge is 0.251 e. The van der Waals surface area contributed by atoms with Crippen molar-refractivity contribution in [2.75, 3.05) is 6.26 Å². The highest BCUT2D eigenvalue weighted by molar-refractivity contribution is 7.89. The van der Waals surface area contributed by atoms with E-state index >= 15 is 0 Å². The molecule has 0 fully saturated rings. The molecule has 4 nitrogen and oxygen atoms in total. The molecule has 0 aliphatic heterocycles. The number of nitrogens with zero attached hydrogens (tertiary/aromatic N) is 2. The van der Waals surface area contributed by atoms with E-state index in [1.165, 1.54) is 0 Å². The van der Waals surface area contributed by atoms with E-state index in [1.807, 2.05) is 0 Å². The van der Waals surface area contributed by atoms with Gasteiger partial charge in [0.15, 0.2) is 0 Å². The molecule has 0 saturated carbocycles. The maximum atomic E-state index is 11.5. The molecule has 7 heteroatoms. The molecule has 0 unspecified atom stereocenters. The van der Waals surface area contributed by atoms with Gasteiger partial charge in [0.1, 0.15) is 5.69 Å². The van der Waals surface area contributed by atoms with Crippen molar-refractivity contribution in [3.05, 3.63) is 40.0 Å². The molecule has 1 aromatic heterocycles. The van der Waals surface area contributed by atoms with Crippen molar-refractivity contribution in [2.45, 2.75) is 6.92 Å². The Balaban J connectivity index is 2.64. The standard InChI is InChI=1S/C11H10Cl2N2O2S/c1-7-10(13)11(14-15(7)18(2,16)17)8-3-5-9(12)6-4-8/h3-6H,1-2H3.